The Morgan fingerprint density at radius 3 is 2.21 bits per heavy atom. The molecule has 3 rings (SSSR count). The second kappa shape index (κ2) is 10.2. The van der Waals surface area contributed by atoms with E-state index in [1.165, 1.54) is 6.07 Å². The number of halogens is 3. The molecule has 1 atom stereocenters. The lowest BCUT2D eigenvalue weighted by molar-refractivity contribution is -0.137. The number of hydrogen-bond acceptors (Lipinski definition) is 4. The molecule has 0 radical (unpaired) electrons. The molecule has 0 bridgehead atoms. The predicted octanol–water partition coefficient (Wildman–Crippen LogP) is 3.59. The standard InChI is InChI=1S/C24H29F3N4O2/c1-16-6-4-7-17(2)22(16)29-21(32)15-28-23(33)18(3)30-10-12-31(13-11-30)20-9-5-8-19(14-20)24(25,26)27/h4-9,14,18H,10-13,15H2,1-3H3,(H,28,33)(H,29,32)/t18-/m0/s1. The fourth-order valence-corrected chi connectivity index (χ4v) is 3.92. The average Bonchev–Trinajstić information content (AvgIpc) is 2.79. The van der Waals surface area contributed by atoms with Crippen LogP contribution in [-0.2, 0) is 15.8 Å². The van der Waals surface area contributed by atoms with Crippen molar-refractivity contribution in [1.29, 1.82) is 0 Å². The third kappa shape index (κ3) is 6.25. The van der Waals surface area contributed by atoms with Gasteiger partial charge in [0.05, 0.1) is 18.2 Å². The number of benzene rings is 2. The highest BCUT2D eigenvalue weighted by atomic mass is 19.4. The molecule has 0 aromatic heterocycles. The normalized spacial score (nSPS) is 15.8. The van der Waals surface area contributed by atoms with E-state index in [0.29, 0.717) is 31.9 Å². The smallest absolute Gasteiger partial charge is 0.369 e. The molecule has 1 heterocycles. The summed E-state index contributed by atoms with van der Waals surface area (Å²) in [6.45, 7) is 7.50. The molecule has 1 aliphatic rings. The van der Waals surface area contributed by atoms with Gasteiger partial charge in [-0.2, -0.15) is 13.2 Å². The molecule has 6 nitrogen and oxygen atoms in total. The monoisotopic (exact) mass is 462 g/mol. The number of piperazine rings is 1. The van der Waals surface area contributed by atoms with E-state index in [-0.39, 0.29) is 18.4 Å². The van der Waals surface area contributed by atoms with Crippen LogP contribution in [0.3, 0.4) is 0 Å². The predicted molar refractivity (Wildman–Crippen MR) is 122 cm³/mol. The summed E-state index contributed by atoms with van der Waals surface area (Å²) in [7, 11) is 0. The Labute approximate surface area is 191 Å². The molecule has 1 fully saturated rings. The SMILES string of the molecule is Cc1cccc(C)c1NC(=O)CNC(=O)[C@H](C)N1CCN(c2cccc(C(F)(F)F)c2)CC1. The number of aryl methyl sites for hydroxylation is 2. The van der Waals surface area contributed by atoms with Crippen LogP contribution in [0.5, 0.6) is 0 Å². The molecule has 0 aliphatic carbocycles. The maximum absolute atomic E-state index is 13.0. The van der Waals surface area contributed by atoms with Gasteiger partial charge in [0, 0.05) is 37.6 Å². The zero-order valence-electron chi connectivity index (χ0n) is 19.0. The summed E-state index contributed by atoms with van der Waals surface area (Å²) in [6.07, 6.45) is -4.38. The fraction of sp³-hybridized carbons (Fsp3) is 0.417. The Hall–Kier alpha value is -3.07. The minimum Gasteiger partial charge on any atom is -0.369 e. The van der Waals surface area contributed by atoms with Gasteiger partial charge in [0.25, 0.3) is 0 Å². The van der Waals surface area contributed by atoms with E-state index in [1.54, 1.807) is 13.0 Å². The van der Waals surface area contributed by atoms with Crippen molar-refractivity contribution in [3.63, 3.8) is 0 Å². The van der Waals surface area contributed by atoms with E-state index in [0.717, 1.165) is 28.9 Å². The molecule has 9 heteroatoms. The largest absolute Gasteiger partial charge is 0.416 e. The number of nitrogens with one attached hydrogen (secondary N) is 2. The molecule has 1 aliphatic heterocycles. The summed E-state index contributed by atoms with van der Waals surface area (Å²) in [4.78, 5) is 28.7. The molecule has 178 valence electrons. The quantitative estimate of drug-likeness (QED) is 0.689. The number of carbonyl (C=O) groups is 2. The van der Waals surface area contributed by atoms with Crippen LogP contribution in [0, 0.1) is 13.8 Å². The fourth-order valence-electron chi connectivity index (χ4n) is 3.92. The molecule has 0 unspecified atom stereocenters. The van der Waals surface area contributed by atoms with Crippen LogP contribution in [0.25, 0.3) is 0 Å². The molecule has 2 N–H and O–H groups in total. The van der Waals surface area contributed by atoms with Crippen molar-refractivity contribution in [2.75, 3.05) is 42.9 Å². The summed E-state index contributed by atoms with van der Waals surface area (Å²) in [5, 5.41) is 5.51. The maximum Gasteiger partial charge on any atom is 0.416 e. The lowest BCUT2D eigenvalue weighted by atomic mass is 10.1. The van der Waals surface area contributed by atoms with Gasteiger partial charge in [-0.3, -0.25) is 14.5 Å². The molecule has 33 heavy (non-hydrogen) atoms. The topological polar surface area (TPSA) is 64.7 Å². The second-order valence-corrected chi connectivity index (χ2v) is 8.28. The molecular weight excluding hydrogens is 433 g/mol. The zero-order chi connectivity index (χ0) is 24.2. The Kier molecular flexibility index (Phi) is 7.63. The molecule has 0 spiro atoms. The first-order valence-corrected chi connectivity index (χ1v) is 10.9. The van der Waals surface area contributed by atoms with E-state index in [1.807, 2.05) is 41.8 Å². The van der Waals surface area contributed by atoms with Crippen LogP contribution in [0.2, 0.25) is 0 Å². The Morgan fingerprint density at radius 1 is 1.00 bits per heavy atom. The first kappa shape index (κ1) is 24.6. The number of rotatable bonds is 6. The van der Waals surface area contributed by atoms with Crippen molar-refractivity contribution >= 4 is 23.2 Å². The van der Waals surface area contributed by atoms with Crippen molar-refractivity contribution in [2.24, 2.45) is 0 Å². The number of hydrogen-bond donors (Lipinski definition) is 2. The van der Waals surface area contributed by atoms with E-state index >= 15 is 0 Å². The molecule has 2 aromatic rings. The number of anilines is 2. The minimum atomic E-state index is -4.38. The number of para-hydroxylation sites is 1. The van der Waals surface area contributed by atoms with Gasteiger partial charge >= 0.3 is 6.18 Å². The van der Waals surface area contributed by atoms with Gasteiger partial charge in [0.15, 0.2) is 0 Å². The maximum atomic E-state index is 13.0. The van der Waals surface area contributed by atoms with Gasteiger partial charge in [-0.15, -0.1) is 0 Å². The van der Waals surface area contributed by atoms with Crippen LogP contribution < -0.4 is 15.5 Å². The number of nitrogens with zero attached hydrogens (tertiary/aromatic N) is 2. The molecule has 2 amide bonds. The summed E-state index contributed by atoms with van der Waals surface area (Å²) in [5.41, 5.74) is 2.48. The molecule has 0 saturated carbocycles. The van der Waals surface area contributed by atoms with Gasteiger partial charge in [0.2, 0.25) is 11.8 Å². The second-order valence-electron chi connectivity index (χ2n) is 8.28. The van der Waals surface area contributed by atoms with Crippen molar-refractivity contribution in [3.8, 4) is 0 Å². The summed E-state index contributed by atoms with van der Waals surface area (Å²) in [6, 6.07) is 10.5. The highest BCUT2D eigenvalue weighted by Gasteiger charge is 2.31. The Bertz CT molecular complexity index is 981. The van der Waals surface area contributed by atoms with Crippen molar-refractivity contribution in [3.05, 3.63) is 59.2 Å². The van der Waals surface area contributed by atoms with Gasteiger partial charge in [-0.25, -0.2) is 0 Å². The average molecular weight is 463 g/mol. The lowest BCUT2D eigenvalue weighted by Crippen LogP contribution is -2.54. The molecule has 2 aromatic carbocycles. The summed E-state index contributed by atoms with van der Waals surface area (Å²) >= 11 is 0. The van der Waals surface area contributed by atoms with Crippen molar-refractivity contribution < 1.29 is 22.8 Å². The highest BCUT2D eigenvalue weighted by Crippen LogP contribution is 2.32. The highest BCUT2D eigenvalue weighted by molar-refractivity contribution is 5.96. The third-order valence-electron chi connectivity index (χ3n) is 5.95. The van der Waals surface area contributed by atoms with E-state index in [4.69, 9.17) is 0 Å². The van der Waals surface area contributed by atoms with Crippen LogP contribution >= 0.6 is 0 Å². The van der Waals surface area contributed by atoms with Crippen molar-refractivity contribution in [1.82, 2.24) is 10.2 Å². The number of carbonyl (C=O) groups excluding carboxylic acids is 2. The minimum absolute atomic E-state index is 0.138. The lowest BCUT2D eigenvalue weighted by Gasteiger charge is -2.38. The third-order valence-corrected chi connectivity index (χ3v) is 5.95. The van der Waals surface area contributed by atoms with Crippen LogP contribution in [0.4, 0.5) is 24.5 Å². The van der Waals surface area contributed by atoms with Gasteiger partial charge < -0.3 is 15.5 Å². The first-order chi connectivity index (χ1) is 15.6. The first-order valence-electron chi connectivity index (χ1n) is 10.9. The molecule has 1 saturated heterocycles. The molecular formula is C24H29F3N4O2. The van der Waals surface area contributed by atoms with E-state index in [2.05, 4.69) is 10.6 Å². The Morgan fingerprint density at radius 2 is 1.61 bits per heavy atom. The van der Waals surface area contributed by atoms with Crippen molar-refractivity contribution in [2.45, 2.75) is 33.0 Å². The Balaban J connectivity index is 1.49. The van der Waals surface area contributed by atoms with Crippen LogP contribution in [-0.4, -0.2) is 55.5 Å². The van der Waals surface area contributed by atoms with Gasteiger partial charge in [-0.05, 0) is 50.1 Å². The number of alkyl halides is 3. The van der Waals surface area contributed by atoms with E-state index < -0.39 is 17.8 Å². The van der Waals surface area contributed by atoms with Gasteiger partial charge in [-0.1, -0.05) is 24.3 Å². The van der Waals surface area contributed by atoms with Crippen LogP contribution in [0.15, 0.2) is 42.5 Å². The van der Waals surface area contributed by atoms with Crippen LogP contribution in [0.1, 0.15) is 23.6 Å². The number of amides is 2. The zero-order valence-corrected chi connectivity index (χ0v) is 19.0. The summed E-state index contributed by atoms with van der Waals surface area (Å²) in [5.74, 6) is -0.568. The van der Waals surface area contributed by atoms with Gasteiger partial charge in [0.1, 0.15) is 0 Å². The summed E-state index contributed by atoms with van der Waals surface area (Å²) < 4.78 is 38.9. The van der Waals surface area contributed by atoms with E-state index in [9.17, 15) is 22.8 Å².